The molecule has 1 aromatic carbocycles. The highest BCUT2D eigenvalue weighted by Crippen LogP contribution is 2.27. The molecule has 2 N–H and O–H groups in total. The van der Waals surface area contributed by atoms with Gasteiger partial charge in [0.2, 0.25) is 0 Å². The van der Waals surface area contributed by atoms with Gasteiger partial charge in [-0.25, -0.2) is 0 Å². The first-order valence-corrected chi connectivity index (χ1v) is 9.40. The van der Waals surface area contributed by atoms with Crippen LogP contribution in [0.5, 0.6) is 5.75 Å². The topological polar surface area (TPSA) is 41.5 Å². The Labute approximate surface area is 138 Å². The number of aliphatic hydroxyl groups is 1. The molecular formula is C18H29NO2S. The molecule has 124 valence electrons. The number of hydrogen-bond donors (Lipinski definition) is 2. The van der Waals surface area contributed by atoms with E-state index in [1.165, 1.54) is 5.56 Å². The summed E-state index contributed by atoms with van der Waals surface area (Å²) in [6.07, 6.45) is 1.78. The summed E-state index contributed by atoms with van der Waals surface area (Å²) >= 11 is 1.93. The molecule has 1 saturated heterocycles. The number of rotatable bonds is 7. The van der Waals surface area contributed by atoms with Gasteiger partial charge in [0.15, 0.2) is 0 Å². The van der Waals surface area contributed by atoms with Crippen molar-refractivity contribution in [1.29, 1.82) is 0 Å². The molecule has 1 aliphatic rings. The number of ether oxygens (including phenoxy) is 1. The van der Waals surface area contributed by atoms with Gasteiger partial charge in [-0.05, 0) is 54.9 Å². The highest BCUT2D eigenvalue weighted by Gasteiger charge is 2.29. The van der Waals surface area contributed by atoms with Gasteiger partial charge in [-0.1, -0.05) is 26.0 Å². The van der Waals surface area contributed by atoms with Gasteiger partial charge in [0.25, 0.3) is 0 Å². The Morgan fingerprint density at radius 1 is 1.18 bits per heavy atom. The fourth-order valence-corrected chi connectivity index (χ4v) is 3.76. The van der Waals surface area contributed by atoms with Crippen LogP contribution in [0.2, 0.25) is 0 Å². The van der Waals surface area contributed by atoms with Gasteiger partial charge in [-0.2, -0.15) is 11.8 Å². The molecule has 0 saturated carbocycles. The van der Waals surface area contributed by atoms with Crippen LogP contribution in [-0.2, 0) is 0 Å². The van der Waals surface area contributed by atoms with Gasteiger partial charge in [0.1, 0.15) is 5.75 Å². The number of thioether (sulfide) groups is 1. The van der Waals surface area contributed by atoms with Crippen molar-refractivity contribution < 1.29 is 9.84 Å². The molecular weight excluding hydrogens is 294 g/mol. The molecule has 0 amide bonds. The summed E-state index contributed by atoms with van der Waals surface area (Å²) < 4.78 is 5.71. The summed E-state index contributed by atoms with van der Waals surface area (Å²) in [5.41, 5.74) is 0.700. The first-order chi connectivity index (χ1) is 10.5. The highest BCUT2D eigenvalue weighted by molar-refractivity contribution is 7.99. The van der Waals surface area contributed by atoms with Crippen LogP contribution in [0.3, 0.4) is 0 Å². The molecule has 0 spiro atoms. The van der Waals surface area contributed by atoms with E-state index >= 15 is 0 Å². The van der Waals surface area contributed by atoms with Gasteiger partial charge < -0.3 is 15.2 Å². The van der Waals surface area contributed by atoms with E-state index in [1.54, 1.807) is 0 Å². The number of benzene rings is 1. The lowest BCUT2D eigenvalue weighted by Crippen LogP contribution is -2.44. The molecule has 0 aliphatic carbocycles. The molecule has 1 aliphatic heterocycles. The largest absolute Gasteiger partial charge is 0.493 e. The number of hydrogen-bond acceptors (Lipinski definition) is 4. The van der Waals surface area contributed by atoms with Crippen molar-refractivity contribution in [2.45, 2.75) is 45.3 Å². The first-order valence-electron chi connectivity index (χ1n) is 8.25. The highest BCUT2D eigenvalue weighted by atomic mass is 32.2. The monoisotopic (exact) mass is 323 g/mol. The maximum atomic E-state index is 10.5. The fraction of sp³-hybridized carbons (Fsp3) is 0.667. The molecule has 0 aromatic heterocycles. The van der Waals surface area contributed by atoms with Gasteiger partial charge in [-0.3, -0.25) is 0 Å². The van der Waals surface area contributed by atoms with Crippen LogP contribution in [0.15, 0.2) is 24.3 Å². The third-order valence-corrected chi connectivity index (χ3v) is 5.11. The predicted octanol–water partition coefficient (Wildman–Crippen LogP) is 3.63. The fourth-order valence-electron chi connectivity index (χ4n) is 2.50. The van der Waals surface area contributed by atoms with Crippen LogP contribution < -0.4 is 10.1 Å². The average Bonchev–Trinajstić information content (AvgIpc) is 2.52. The average molecular weight is 324 g/mol. The second-order valence-corrected chi connectivity index (χ2v) is 7.94. The number of nitrogens with one attached hydrogen (secondary N) is 1. The first kappa shape index (κ1) is 17.6. The maximum absolute atomic E-state index is 10.5. The molecule has 1 fully saturated rings. The van der Waals surface area contributed by atoms with Gasteiger partial charge in [-0.15, -0.1) is 0 Å². The SMILES string of the molecule is CC(C)COc1ccc(C(C)NCC2(O)CCSCC2)cc1. The molecule has 1 heterocycles. The summed E-state index contributed by atoms with van der Waals surface area (Å²) in [5.74, 6) is 3.59. The van der Waals surface area contributed by atoms with Gasteiger partial charge in [0, 0.05) is 12.6 Å². The van der Waals surface area contributed by atoms with Crippen molar-refractivity contribution in [2.24, 2.45) is 5.92 Å². The van der Waals surface area contributed by atoms with E-state index in [2.05, 4.69) is 38.2 Å². The molecule has 3 nitrogen and oxygen atoms in total. The van der Waals surface area contributed by atoms with E-state index in [4.69, 9.17) is 4.74 Å². The minimum atomic E-state index is -0.528. The summed E-state index contributed by atoms with van der Waals surface area (Å²) in [7, 11) is 0. The maximum Gasteiger partial charge on any atom is 0.119 e. The molecule has 1 atom stereocenters. The molecule has 1 aromatic rings. The van der Waals surface area contributed by atoms with E-state index in [-0.39, 0.29) is 6.04 Å². The van der Waals surface area contributed by atoms with Crippen molar-refractivity contribution in [1.82, 2.24) is 5.32 Å². The Bertz CT molecular complexity index is 441. The third-order valence-electron chi connectivity index (χ3n) is 4.12. The minimum absolute atomic E-state index is 0.234. The lowest BCUT2D eigenvalue weighted by Gasteiger charge is -2.33. The second-order valence-electron chi connectivity index (χ2n) is 6.71. The zero-order valence-corrected chi connectivity index (χ0v) is 14.8. The zero-order valence-electron chi connectivity index (χ0n) is 14.0. The third kappa shape index (κ3) is 5.49. The summed E-state index contributed by atoms with van der Waals surface area (Å²) in [6, 6.07) is 8.50. The lowest BCUT2D eigenvalue weighted by molar-refractivity contribution is 0.0300. The summed E-state index contributed by atoms with van der Waals surface area (Å²) in [4.78, 5) is 0. The van der Waals surface area contributed by atoms with Crippen LogP contribution in [0.1, 0.15) is 45.2 Å². The smallest absolute Gasteiger partial charge is 0.119 e. The summed E-state index contributed by atoms with van der Waals surface area (Å²) in [5, 5.41) is 14.0. The van der Waals surface area contributed by atoms with Crippen LogP contribution in [0.4, 0.5) is 0 Å². The van der Waals surface area contributed by atoms with Crippen molar-refractivity contribution >= 4 is 11.8 Å². The molecule has 2 rings (SSSR count). The Balaban J connectivity index is 1.82. The molecule has 4 heteroatoms. The normalized spacial score (nSPS) is 19.1. The van der Waals surface area contributed by atoms with Gasteiger partial charge in [0.05, 0.1) is 12.2 Å². The van der Waals surface area contributed by atoms with Crippen molar-refractivity contribution in [3.8, 4) is 5.75 Å². The van der Waals surface area contributed by atoms with Crippen molar-refractivity contribution in [3.63, 3.8) is 0 Å². The Hall–Kier alpha value is -0.710. The quantitative estimate of drug-likeness (QED) is 0.804. The second kappa shape index (κ2) is 8.23. The summed E-state index contributed by atoms with van der Waals surface area (Å²) in [6.45, 7) is 7.85. The standard InChI is InChI=1S/C18H29NO2S/c1-14(2)12-21-17-6-4-16(5-7-17)15(3)19-13-18(20)8-10-22-11-9-18/h4-7,14-15,19-20H,8-13H2,1-3H3. The van der Waals surface area contributed by atoms with Crippen molar-refractivity contribution in [3.05, 3.63) is 29.8 Å². The van der Waals surface area contributed by atoms with Crippen LogP contribution >= 0.6 is 11.8 Å². The van der Waals surface area contributed by atoms with Gasteiger partial charge >= 0.3 is 0 Å². The molecule has 0 radical (unpaired) electrons. The zero-order chi connectivity index (χ0) is 16.0. The van der Waals surface area contributed by atoms with Crippen LogP contribution in [0, 0.1) is 5.92 Å². The van der Waals surface area contributed by atoms with Crippen molar-refractivity contribution in [2.75, 3.05) is 24.7 Å². The van der Waals surface area contributed by atoms with Crippen LogP contribution in [-0.4, -0.2) is 35.4 Å². The molecule has 0 bridgehead atoms. The Kier molecular flexibility index (Phi) is 6.60. The minimum Gasteiger partial charge on any atom is -0.493 e. The van der Waals surface area contributed by atoms with Crippen LogP contribution in [0.25, 0.3) is 0 Å². The van der Waals surface area contributed by atoms with E-state index in [1.807, 2.05) is 23.9 Å². The Morgan fingerprint density at radius 3 is 2.41 bits per heavy atom. The van der Waals surface area contributed by atoms with E-state index < -0.39 is 5.60 Å². The molecule has 1 unspecified atom stereocenters. The van der Waals surface area contributed by atoms with E-state index in [9.17, 15) is 5.11 Å². The van der Waals surface area contributed by atoms with E-state index in [0.29, 0.717) is 12.5 Å². The predicted molar refractivity (Wildman–Crippen MR) is 94.7 cm³/mol. The lowest BCUT2D eigenvalue weighted by atomic mass is 9.96. The molecule has 22 heavy (non-hydrogen) atoms. The van der Waals surface area contributed by atoms with E-state index in [0.717, 1.165) is 36.7 Å². The Morgan fingerprint density at radius 2 is 1.82 bits per heavy atom.